The van der Waals surface area contributed by atoms with Gasteiger partial charge in [-0.2, -0.15) is 0 Å². The summed E-state index contributed by atoms with van der Waals surface area (Å²) >= 11 is 0. The molecule has 2 rings (SSSR count). The van der Waals surface area contributed by atoms with Gasteiger partial charge in [-0.1, -0.05) is 31.2 Å². The molecule has 0 aliphatic heterocycles. The normalized spacial score (nSPS) is 13.3. The SMILES string of the molecule is CCc1ccc(C(CNC(=O)C(C)NC(=O)c2ccco2)N(C)C)cc1. The van der Waals surface area contributed by atoms with E-state index in [2.05, 4.69) is 46.7 Å². The fourth-order valence-electron chi connectivity index (χ4n) is 2.67. The van der Waals surface area contributed by atoms with Crippen LogP contribution in [-0.4, -0.2) is 43.4 Å². The van der Waals surface area contributed by atoms with Gasteiger partial charge in [-0.3, -0.25) is 9.59 Å². The average molecular weight is 357 g/mol. The molecule has 1 heterocycles. The summed E-state index contributed by atoms with van der Waals surface area (Å²) in [5, 5.41) is 5.55. The Morgan fingerprint density at radius 2 is 1.85 bits per heavy atom. The number of benzene rings is 1. The second-order valence-corrected chi connectivity index (χ2v) is 6.49. The molecular weight excluding hydrogens is 330 g/mol. The fourth-order valence-corrected chi connectivity index (χ4v) is 2.67. The van der Waals surface area contributed by atoms with E-state index in [-0.39, 0.29) is 17.7 Å². The van der Waals surface area contributed by atoms with Gasteiger partial charge >= 0.3 is 0 Å². The van der Waals surface area contributed by atoms with Crippen molar-refractivity contribution in [3.8, 4) is 0 Å². The van der Waals surface area contributed by atoms with E-state index in [1.165, 1.54) is 11.8 Å². The minimum absolute atomic E-state index is 0.0535. The number of nitrogens with one attached hydrogen (secondary N) is 2. The van der Waals surface area contributed by atoms with Crippen LogP contribution in [0, 0.1) is 0 Å². The third-order valence-corrected chi connectivity index (χ3v) is 4.35. The predicted octanol–water partition coefficient (Wildman–Crippen LogP) is 2.38. The minimum Gasteiger partial charge on any atom is -0.459 e. The summed E-state index contributed by atoms with van der Waals surface area (Å²) in [6.07, 6.45) is 2.42. The summed E-state index contributed by atoms with van der Waals surface area (Å²) in [6, 6.07) is 11.0. The lowest BCUT2D eigenvalue weighted by atomic mass is 10.0. The Bertz CT molecular complexity index is 708. The molecule has 1 aromatic heterocycles. The second kappa shape index (κ2) is 9.20. The molecule has 0 spiro atoms. The van der Waals surface area contributed by atoms with Crippen molar-refractivity contribution >= 4 is 11.8 Å². The van der Waals surface area contributed by atoms with Crippen LogP contribution in [-0.2, 0) is 11.2 Å². The van der Waals surface area contributed by atoms with E-state index in [0.717, 1.165) is 12.0 Å². The van der Waals surface area contributed by atoms with E-state index in [4.69, 9.17) is 4.42 Å². The summed E-state index contributed by atoms with van der Waals surface area (Å²) in [6.45, 7) is 4.23. The Morgan fingerprint density at radius 3 is 2.38 bits per heavy atom. The quantitative estimate of drug-likeness (QED) is 0.761. The molecule has 0 radical (unpaired) electrons. The highest BCUT2D eigenvalue weighted by molar-refractivity contribution is 5.95. The molecule has 26 heavy (non-hydrogen) atoms. The van der Waals surface area contributed by atoms with Crippen LogP contribution in [0.25, 0.3) is 0 Å². The third kappa shape index (κ3) is 5.20. The number of carbonyl (C=O) groups is 2. The van der Waals surface area contributed by atoms with Crippen molar-refractivity contribution in [1.82, 2.24) is 15.5 Å². The van der Waals surface area contributed by atoms with Crippen molar-refractivity contribution in [1.29, 1.82) is 0 Å². The highest BCUT2D eigenvalue weighted by Crippen LogP contribution is 2.18. The van der Waals surface area contributed by atoms with Crippen molar-refractivity contribution in [2.45, 2.75) is 32.4 Å². The number of aryl methyl sites for hydroxylation is 1. The van der Waals surface area contributed by atoms with E-state index in [9.17, 15) is 9.59 Å². The molecule has 0 aliphatic rings. The van der Waals surface area contributed by atoms with Gasteiger partial charge in [0.05, 0.1) is 12.3 Å². The van der Waals surface area contributed by atoms with Gasteiger partial charge in [0.1, 0.15) is 6.04 Å². The standard InChI is InChI=1S/C20H27N3O3/c1-5-15-8-10-16(11-9-15)17(23(3)4)13-21-19(24)14(2)22-20(25)18-7-6-12-26-18/h6-12,14,17H,5,13H2,1-4H3,(H,21,24)(H,22,25). The third-order valence-electron chi connectivity index (χ3n) is 4.35. The highest BCUT2D eigenvalue weighted by Gasteiger charge is 2.20. The number of rotatable bonds is 8. The molecule has 2 aromatic rings. The van der Waals surface area contributed by atoms with Gasteiger partial charge in [0, 0.05) is 6.54 Å². The largest absolute Gasteiger partial charge is 0.459 e. The molecule has 140 valence electrons. The fraction of sp³-hybridized carbons (Fsp3) is 0.400. The molecule has 0 bridgehead atoms. The summed E-state index contributed by atoms with van der Waals surface area (Å²) < 4.78 is 5.03. The number of likely N-dealkylation sites (N-methyl/N-ethyl adjacent to an activating group) is 1. The zero-order valence-electron chi connectivity index (χ0n) is 15.8. The van der Waals surface area contributed by atoms with Crippen molar-refractivity contribution in [2.75, 3.05) is 20.6 Å². The summed E-state index contributed by atoms with van der Waals surface area (Å²) in [5.41, 5.74) is 2.42. The van der Waals surface area contributed by atoms with Crippen molar-refractivity contribution < 1.29 is 14.0 Å². The monoisotopic (exact) mass is 357 g/mol. The summed E-state index contributed by atoms with van der Waals surface area (Å²) in [5.74, 6) is -0.453. The van der Waals surface area contributed by atoms with Gasteiger partial charge in [0.25, 0.3) is 5.91 Å². The van der Waals surface area contributed by atoms with Crippen LogP contribution in [0.4, 0.5) is 0 Å². The molecule has 6 heteroatoms. The Labute approximate surface area is 154 Å². The lowest BCUT2D eigenvalue weighted by Gasteiger charge is -2.26. The number of amides is 2. The van der Waals surface area contributed by atoms with Crippen LogP contribution >= 0.6 is 0 Å². The summed E-state index contributed by atoms with van der Waals surface area (Å²) in [4.78, 5) is 26.4. The number of carbonyl (C=O) groups excluding carboxylic acids is 2. The van der Waals surface area contributed by atoms with Crippen molar-refractivity contribution in [3.63, 3.8) is 0 Å². The number of nitrogens with zero attached hydrogens (tertiary/aromatic N) is 1. The first-order valence-electron chi connectivity index (χ1n) is 8.79. The molecule has 6 nitrogen and oxygen atoms in total. The lowest BCUT2D eigenvalue weighted by Crippen LogP contribution is -2.46. The molecule has 0 saturated carbocycles. The Morgan fingerprint density at radius 1 is 1.15 bits per heavy atom. The van der Waals surface area contributed by atoms with Gasteiger partial charge in [-0.25, -0.2) is 0 Å². The maximum Gasteiger partial charge on any atom is 0.287 e. The second-order valence-electron chi connectivity index (χ2n) is 6.49. The molecule has 0 saturated heterocycles. The predicted molar refractivity (Wildman–Crippen MR) is 101 cm³/mol. The number of hydrogen-bond donors (Lipinski definition) is 2. The van der Waals surface area contributed by atoms with Crippen LogP contribution in [0.2, 0.25) is 0 Å². The molecule has 2 amide bonds. The Kier molecular flexibility index (Phi) is 6.97. The van der Waals surface area contributed by atoms with Crippen LogP contribution < -0.4 is 10.6 Å². The van der Waals surface area contributed by atoms with Gasteiger partial charge in [0.2, 0.25) is 5.91 Å². The van der Waals surface area contributed by atoms with Crippen LogP contribution in [0.1, 0.15) is 41.6 Å². The molecule has 0 aliphatic carbocycles. The number of hydrogen-bond acceptors (Lipinski definition) is 4. The van der Waals surface area contributed by atoms with Crippen LogP contribution in [0.3, 0.4) is 0 Å². The van der Waals surface area contributed by atoms with Gasteiger partial charge in [0.15, 0.2) is 5.76 Å². The summed E-state index contributed by atoms with van der Waals surface area (Å²) in [7, 11) is 3.96. The van der Waals surface area contributed by atoms with Crippen molar-refractivity contribution in [3.05, 3.63) is 59.5 Å². The topological polar surface area (TPSA) is 74.6 Å². The van der Waals surface area contributed by atoms with Gasteiger partial charge < -0.3 is 20.0 Å². The van der Waals surface area contributed by atoms with Crippen LogP contribution in [0.15, 0.2) is 47.1 Å². The molecular formula is C20H27N3O3. The maximum absolute atomic E-state index is 12.3. The van der Waals surface area contributed by atoms with E-state index < -0.39 is 11.9 Å². The Balaban J connectivity index is 1.92. The minimum atomic E-state index is -0.655. The number of furan rings is 1. The van der Waals surface area contributed by atoms with Crippen molar-refractivity contribution in [2.24, 2.45) is 0 Å². The first-order valence-corrected chi connectivity index (χ1v) is 8.79. The van der Waals surface area contributed by atoms with E-state index in [0.29, 0.717) is 6.54 Å². The maximum atomic E-state index is 12.3. The molecule has 2 N–H and O–H groups in total. The zero-order valence-corrected chi connectivity index (χ0v) is 15.8. The Hall–Kier alpha value is -2.60. The average Bonchev–Trinajstić information content (AvgIpc) is 3.16. The van der Waals surface area contributed by atoms with E-state index in [1.807, 2.05) is 14.1 Å². The molecule has 2 atom stereocenters. The van der Waals surface area contributed by atoms with Gasteiger partial charge in [-0.05, 0) is 50.7 Å². The van der Waals surface area contributed by atoms with Crippen LogP contribution in [0.5, 0.6) is 0 Å². The molecule has 0 fully saturated rings. The smallest absolute Gasteiger partial charge is 0.287 e. The molecule has 1 aromatic carbocycles. The lowest BCUT2D eigenvalue weighted by molar-refractivity contribution is -0.122. The first kappa shape index (κ1) is 19.7. The molecule has 2 unspecified atom stereocenters. The van der Waals surface area contributed by atoms with Gasteiger partial charge in [-0.15, -0.1) is 0 Å². The highest BCUT2D eigenvalue weighted by atomic mass is 16.3. The zero-order chi connectivity index (χ0) is 19.1. The van der Waals surface area contributed by atoms with E-state index in [1.54, 1.807) is 19.1 Å². The van der Waals surface area contributed by atoms with E-state index >= 15 is 0 Å². The first-order chi connectivity index (χ1) is 12.4.